The highest BCUT2D eigenvalue weighted by atomic mass is 16.6. The van der Waals surface area contributed by atoms with Crippen molar-refractivity contribution in [2.24, 2.45) is 5.10 Å². The van der Waals surface area contributed by atoms with Gasteiger partial charge in [0.1, 0.15) is 11.5 Å². The summed E-state index contributed by atoms with van der Waals surface area (Å²) < 4.78 is 5.56. The van der Waals surface area contributed by atoms with Crippen LogP contribution in [-0.4, -0.2) is 23.6 Å². The predicted octanol–water partition coefficient (Wildman–Crippen LogP) is 3.73. The van der Waals surface area contributed by atoms with Gasteiger partial charge < -0.3 is 9.73 Å². The van der Waals surface area contributed by atoms with Crippen molar-refractivity contribution in [3.63, 3.8) is 0 Å². The van der Waals surface area contributed by atoms with Crippen molar-refractivity contribution in [2.75, 3.05) is 11.9 Å². The van der Waals surface area contributed by atoms with Gasteiger partial charge in [0.2, 0.25) is 0 Å². The maximum Gasteiger partial charge on any atom is 0.280 e. The van der Waals surface area contributed by atoms with E-state index in [1.165, 1.54) is 12.3 Å². The topological polar surface area (TPSA) is 110 Å². The monoisotopic (exact) mass is 378 g/mol. The molecule has 0 aliphatic heterocycles. The van der Waals surface area contributed by atoms with Gasteiger partial charge in [-0.05, 0) is 37.3 Å². The Labute approximate surface area is 161 Å². The van der Waals surface area contributed by atoms with Gasteiger partial charge in [0, 0.05) is 11.8 Å². The Hall–Kier alpha value is -3.94. The molecule has 1 aromatic heterocycles. The van der Waals surface area contributed by atoms with Crippen LogP contribution in [0, 0.1) is 17.0 Å². The zero-order chi connectivity index (χ0) is 19.9. The van der Waals surface area contributed by atoms with Gasteiger partial charge in [-0.2, -0.15) is 5.10 Å². The highest BCUT2D eigenvalue weighted by molar-refractivity contribution is 5.83. The number of aryl methyl sites for hydroxylation is 1. The van der Waals surface area contributed by atoms with E-state index in [0.717, 1.165) is 11.3 Å². The number of hydrogen-bond acceptors (Lipinski definition) is 6. The fourth-order valence-corrected chi connectivity index (χ4v) is 2.47. The summed E-state index contributed by atoms with van der Waals surface area (Å²) in [6.45, 7) is 2.06. The molecule has 8 nitrogen and oxygen atoms in total. The molecule has 3 aromatic rings. The summed E-state index contributed by atoms with van der Waals surface area (Å²) in [6, 6.07) is 17.2. The number of benzene rings is 2. The molecule has 0 radical (unpaired) electrons. The summed E-state index contributed by atoms with van der Waals surface area (Å²) in [4.78, 5) is 22.5. The Kier molecular flexibility index (Phi) is 5.81. The molecular weight excluding hydrogens is 360 g/mol. The van der Waals surface area contributed by atoms with Crippen LogP contribution in [-0.2, 0) is 4.79 Å². The molecule has 8 heteroatoms. The number of para-hydroxylation sites is 1. The predicted molar refractivity (Wildman–Crippen MR) is 106 cm³/mol. The minimum Gasteiger partial charge on any atom is -0.455 e. The number of nitrogens with zero attached hydrogens (tertiary/aromatic N) is 2. The number of hydrogen-bond donors (Lipinski definition) is 2. The Morgan fingerprint density at radius 1 is 1.14 bits per heavy atom. The van der Waals surface area contributed by atoms with E-state index in [4.69, 9.17) is 4.42 Å². The number of amides is 1. The van der Waals surface area contributed by atoms with Crippen molar-refractivity contribution >= 4 is 23.5 Å². The molecule has 0 atom stereocenters. The first-order valence-corrected chi connectivity index (χ1v) is 8.49. The number of rotatable bonds is 7. The van der Waals surface area contributed by atoms with Crippen LogP contribution < -0.4 is 10.7 Å². The molecule has 0 aliphatic rings. The summed E-state index contributed by atoms with van der Waals surface area (Å²) in [5.74, 6) is 0.392. The number of nitrogens with one attached hydrogen (secondary N) is 2. The molecule has 1 amide bonds. The van der Waals surface area contributed by atoms with Gasteiger partial charge in [-0.25, -0.2) is 5.43 Å². The molecular formula is C20H18N4O4. The SMILES string of the molecule is Cc1ccc(NCC(=O)N/N=C/c2ccc(-c3ccccc3[N+](=O)[O-])o2)cc1. The minimum absolute atomic E-state index is 0.0455. The van der Waals surface area contributed by atoms with Gasteiger partial charge in [-0.3, -0.25) is 14.9 Å². The molecule has 0 unspecified atom stereocenters. The van der Waals surface area contributed by atoms with E-state index in [9.17, 15) is 14.9 Å². The number of hydrazone groups is 1. The third kappa shape index (κ3) is 4.82. The van der Waals surface area contributed by atoms with Gasteiger partial charge in [-0.15, -0.1) is 0 Å². The Morgan fingerprint density at radius 2 is 1.89 bits per heavy atom. The maximum atomic E-state index is 11.8. The highest BCUT2D eigenvalue weighted by Gasteiger charge is 2.16. The Bertz CT molecular complexity index is 1010. The number of nitro benzene ring substituents is 1. The van der Waals surface area contributed by atoms with Crippen LogP contribution >= 0.6 is 0 Å². The maximum absolute atomic E-state index is 11.8. The Morgan fingerprint density at radius 3 is 2.64 bits per heavy atom. The van der Waals surface area contributed by atoms with Gasteiger partial charge >= 0.3 is 0 Å². The number of furan rings is 1. The zero-order valence-corrected chi connectivity index (χ0v) is 15.1. The lowest BCUT2D eigenvalue weighted by Crippen LogP contribution is -2.25. The summed E-state index contributed by atoms with van der Waals surface area (Å²) >= 11 is 0. The summed E-state index contributed by atoms with van der Waals surface area (Å²) in [7, 11) is 0. The van der Waals surface area contributed by atoms with Crippen LogP contribution in [0.4, 0.5) is 11.4 Å². The molecule has 28 heavy (non-hydrogen) atoms. The highest BCUT2D eigenvalue weighted by Crippen LogP contribution is 2.30. The molecule has 2 aromatic carbocycles. The molecule has 142 valence electrons. The molecule has 3 rings (SSSR count). The fraction of sp³-hybridized carbons (Fsp3) is 0.100. The number of carbonyl (C=O) groups is 1. The smallest absolute Gasteiger partial charge is 0.280 e. The Balaban J connectivity index is 1.56. The molecule has 2 N–H and O–H groups in total. The van der Waals surface area contributed by atoms with Crippen LogP contribution in [0.1, 0.15) is 11.3 Å². The summed E-state index contributed by atoms with van der Waals surface area (Å²) in [6.07, 6.45) is 1.34. The molecule has 1 heterocycles. The van der Waals surface area contributed by atoms with E-state index >= 15 is 0 Å². The average molecular weight is 378 g/mol. The van der Waals surface area contributed by atoms with Crippen LogP contribution in [0.3, 0.4) is 0 Å². The number of carbonyl (C=O) groups excluding carboxylic acids is 1. The first-order valence-electron chi connectivity index (χ1n) is 8.49. The van der Waals surface area contributed by atoms with Crippen LogP contribution in [0.5, 0.6) is 0 Å². The van der Waals surface area contributed by atoms with Gasteiger partial charge in [0.15, 0.2) is 0 Å². The van der Waals surface area contributed by atoms with E-state index in [0.29, 0.717) is 17.1 Å². The third-order valence-electron chi connectivity index (χ3n) is 3.88. The standard InChI is InChI=1S/C20H18N4O4/c1-14-6-8-15(9-7-14)21-13-20(25)23-22-12-16-10-11-19(28-16)17-4-2-3-5-18(17)24(26)27/h2-12,21H,13H2,1H3,(H,23,25)/b22-12+. The third-order valence-corrected chi connectivity index (χ3v) is 3.88. The van der Waals surface area contributed by atoms with Crippen molar-refractivity contribution in [3.8, 4) is 11.3 Å². The van der Waals surface area contributed by atoms with Crippen LogP contribution in [0.25, 0.3) is 11.3 Å². The lowest BCUT2D eigenvalue weighted by atomic mass is 10.1. The van der Waals surface area contributed by atoms with E-state index in [-0.39, 0.29) is 18.1 Å². The largest absolute Gasteiger partial charge is 0.455 e. The van der Waals surface area contributed by atoms with Gasteiger partial charge in [0.25, 0.3) is 11.6 Å². The second-order valence-corrected chi connectivity index (χ2v) is 5.99. The van der Waals surface area contributed by atoms with Crippen molar-refractivity contribution in [1.82, 2.24) is 5.43 Å². The molecule has 0 saturated carbocycles. The lowest BCUT2D eigenvalue weighted by Gasteiger charge is -2.05. The first-order chi connectivity index (χ1) is 13.5. The van der Waals surface area contributed by atoms with Gasteiger partial charge in [0.05, 0.1) is 23.2 Å². The zero-order valence-electron chi connectivity index (χ0n) is 15.1. The first kappa shape index (κ1) is 18.8. The fourth-order valence-electron chi connectivity index (χ4n) is 2.47. The van der Waals surface area contributed by atoms with Crippen LogP contribution in [0.15, 0.2) is 70.2 Å². The number of nitro groups is 1. The van der Waals surface area contributed by atoms with Crippen molar-refractivity contribution in [2.45, 2.75) is 6.92 Å². The minimum atomic E-state index is -0.465. The molecule has 0 spiro atoms. The normalized spacial score (nSPS) is 10.8. The van der Waals surface area contributed by atoms with E-state index in [1.807, 2.05) is 31.2 Å². The quantitative estimate of drug-likeness (QED) is 0.370. The van der Waals surface area contributed by atoms with Crippen molar-refractivity contribution < 1.29 is 14.1 Å². The van der Waals surface area contributed by atoms with Crippen LogP contribution in [0.2, 0.25) is 0 Å². The van der Waals surface area contributed by atoms with Crippen molar-refractivity contribution in [1.29, 1.82) is 0 Å². The number of anilines is 1. The molecule has 0 bridgehead atoms. The lowest BCUT2D eigenvalue weighted by molar-refractivity contribution is -0.384. The van der Waals surface area contributed by atoms with Crippen molar-refractivity contribution in [3.05, 3.63) is 82.1 Å². The molecule has 0 aliphatic carbocycles. The van der Waals surface area contributed by atoms with Gasteiger partial charge in [-0.1, -0.05) is 29.8 Å². The second kappa shape index (κ2) is 8.63. The van der Waals surface area contributed by atoms with E-state index in [2.05, 4.69) is 15.8 Å². The molecule has 0 fully saturated rings. The second-order valence-electron chi connectivity index (χ2n) is 5.99. The summed E-state index contributed by atoms with van der Waals surface area (Å²) in [5.41, 5.74) is 4.69. The molecule has 0 saturated heterocycles. The average Bonchev–Trinajstić information content (AvgIpc) is 3.16. The van der Waals surface area contributed by atoms with E-state index in [1.54, 1.807) is 30.3 Å². The van der Waals surface area contributed by atoms with E-state index < -0.39 is 4.92 Å². The summed E-state index contributed by atoms with van der Waals surface area (Å²) in [5, 5.41) is 17.9.